The van der Waals surface area contributed by atoms with Crippen molar-refractivity contribution in [2.45, 2.75) is 45.4 Å². The summed E-state index contributed by atoms with van der Waals surface area (Å²) < 4.78 is 32.6. The van der Waals surface area contributed by atoms with Crippen molar-refractivity contribution in [2.75, 3.05) is 6.54 Å². The molecule has 0 radical (unpaired) electrons. The second-order valence-electron chi connectivity index (χ2n) is 6.25. The molecule has 0 spiro atoms. The van der Waals surface area contributed by atoms with Gasteiger partial charge in [0.25, 0.3) is 0 Å². The summed E-state index contributed by atoms with van der Waals surface area (Å²) in [6, 6.07) is 1.55. The molecule has 0 bridgehead atoms. The zero-order valence-corrected chi connectivity index (χ0v) is 12.5. The Hall–Kier alpha value is -1.69. The van der Waals surface area contributed by atoms with E-state index >= 15 is 0 Å². The van der Waals surface area contributed by atoms with E-state index in [1.165, 1.54) is 11.0 Å². The van der Waals surface area contributed by atoms with Crippen molar-refractivity contribution in [2.24, 2.45) is 5.73 Å². The second kappa shape index (κ2) is 5.60. The van der Waals surface area contributed by atoms with Crippen LogP contribution in [-0.2, 0) is 11.3 Å². The molecule has 2 rings (SSSR count). The average molecular weight is 298 g/mol. The molecule has 0 aromatic heterocycles. The van der Waals surface area contributed by atoms with Crippen LogP contribution in [0, 0.1) is 11.6 Å². The van der Waals surface area contributed by atoms with Gasteiger partial charge < -0.3 is 15.4 Å². The first-order valence-electron chi connectivity index (χ1n) is 6.88. The maximum absolute atomic E-state index is 14.0. The first-order valence-corrected chi connectivity index (χ1v) is 6.88. The Bertz CT molecular complexity index is 555. The van der Waals surface area contributed by atoms with E-state index in [2.05, 4.69) is 0 Å². The molecule has 0 saturated carbocycles. The summed E-state index contributed by atoms with van der Waals surface area (Å²) in [4.78, 5) is 13.5. The fourth-order valence-electron chi connectivity index (χ4n) is 2.32. The van der Waals surface area contributed by atoms with Crippen LogP contribution in [0.15, 0.2) is 12.1 Å². The molecule has 1 heterocycles. The Balaban J connectivity index is 2.29. The van der Waals surface area contributed by atoms with Gasteiger partial charge >= 0.3 is 6.09 Å². The number of halogens is 2. The molecule has 1 aromatic rings. The largest absolute Gasteiger partial charge is 0.444 e. The summed E-state index contributed by atoms with van der Waals surface area (Å²) in [7, 11) is 0. The van der Waals surface area contributed by atoms with E-state index in [4.69, 9.17) is 10.5 Å². The molecule has 6 heteroatoms. The molecule has 0 aliphatic carbocycles. The molecule has 1 aliphatic heterocycles. The molecule has 1 aliphatic rings. The molecule has 0 saturated heterocycles. The zero-order valence-electron chi connectivity index (χ0n) is 12.5. The van der Waals surface area contributed by atoms with Gasteiger partial charge in [-0.1, -0.05) is 0 Å². The van der Waals surface area contributed by atoms with Crippen LogP contribution in [0.3, 0.4) is 0 Å². The van der Waals surface area contributed by atoms with Crippen molar-refractivity contribution in [3.8, 4) is 0 Å². The highest BCUT2D eigenvalue weighted by atomic mass is 19.1. The van der Waals surface area contributed by atoms with Crippen LogP contribution < -0.4 is 5.73 Å². The van der Waals surface area contributed by atoms with E-state index in [0.717, 1.165) is 6.07 Å². The molecule has 4 nitrogen and oxygen atoms in total. The Morgan fingerprint density at radius 2 is 2.05 bits per heavy atom. The van der Waals surface area contributed by atoms with Crippen molar-refractivity contribution < 1.29 is 18.3 Å². The fraction of sp³-hybridized carbons (Fsp3) is 0.533. The second-order valence-corrected chi connectivity index (χ2v) is 6.25. The Kier molecular flexibility index (Phi) is 4.18. The highest BCUT2D eigenvalue weighted by molar-refractivity contribution is 5.68. The molecule has 116 valence electrons. The van der Waals surface area contributed by atoms with Crippen molar-refractivity contribution in [1.29, 1.82) is 0 Å². The lowest BCUT2D eigenvalue weighted by Gasteiger charge is -2.26. The number of benzene rings is 1. The van der Waals surface area contributed by atoms with Gasteiger partial charge in [-0.05, 0) is 38.8 Å². The number of carbonyl (C=O) groups excluding carboxylic acids is 1. The first-order chi connectivity index (χ1) is 9.67. The van der Waals surface area contributed by atoms with E-state index in [0.29, 0.717) is 18.5 Å². The summed E-state index contributed by atoms with van der Waals surface area (Å²) in [5, 5.41) is 0. The quantitative estimate of drug-likeness (QED) is 0.800. The SMILES string of the molecule is CC(C)(C)OC(=O)N1CC[C@@H](N)c2cc(F)cc(F)c2C1. The number of ether oxygens (including phenoxy) is 1. The fourth-order valence-corrected chi connectivity index (χ4v) is 2.32. The zero-order chi connectivity index (χ0) is 15.8. The van der Waals surface area contributed by atoms with E-state index in [9.17, 15) is 13.6 Å². The van der Waals surface area contributed by atoms with Gasteiger partial charge in [0.2, 0.25) is 0 Å². The molecular formula is C15H20F2N2O2. The van der Waals surface area contributed by atoms with Crippen molar-refractivity contribution in [3.05, 3.63) is 34.9 Å². The van der Waals surface area contributed by atoms with Gasteiger partial charge in [-0.2, -0.15) is 0 Å². The normalized spacial score (nSPS) is 19.0. The number of carbonyl (C=O) groups is 1. The van der Waals surface area contributed by atoms with Crippen molar-refractivity contribution >= 4 is 6.09 Å². The monoisotopic (exact) mass is 298 g/mol. The lowest BCUT2D eigenvalue weighted by atomic mass is 9.99. The summed E-state index contributed by atoms with van der Waals surface area (Å²) in [5.41, 5.74) is 6.00. The van der Waals surface area contributed by atoms with Crippen LogP contribution in [-0.4, -0.2) is 23.1 Å². The maximum atomic E-state index is 14.0. The van der Waals surface area contributed by atoms with Crippen LogP contribution >= 0.6 is 0 Å². The number of nitrogens with zero attached hydrogens (tertiary/aromatic N) is 1. The minimum atomic E-state index is -0.684. The van der Waals surface area contributed by atoms with Gasteiger partial charge in [0.15, 0.2) is 0 Å². The predicted molar refractivity (Wildman–Crippen MR) is 74.5 cm³/mol. The maximum Gasteiger partial charge on any atom is 0.410 e. The molecule has 0 unspecified atom stereocenters. The number of hydrogen-bond acceptors (Lipinski definition) is 3. The van der Waals surface area contributed by atoms with Crippen LogP contribution in [0.4, 0.5) is 13.6 Å². The van der Waals surface area contributed by atoms with E-state index in [1.807, 2.05) is 0 Å². The van der Waals surface area contributed by atoms with Crippen LogP contribution in [0.2, 0.25) is 0 Å². The molecular weight excluding hydrogens is 278 g/mol. The lowest BCUT2D eigenvalue weighted by molar-refractivity contribution is 0.0233. The Labute approximate surface area is 122 Å². The van der Waals surface area contributed by atoms with Crippen LogP contribution in [0.1, 0.15) is 44.4 Å². The molecule has 1 atom stereocenters. The molecule has 1 aromatic carbocycles. The lowest BCUT2D eigenvalue weighted by Crippen LogP contribution is -2.36. The van der Waals surface area contributed by atoms with Gasteiger partial charge in [-0.25, -0.2) is 13.6 Å². The number of nitrogens with two attached hydrogens (primary N) is 1. The van der Waals surface area contributed by atoms with E-state index < -0.39 is 29.4 Å². The van der Waals surface area contributed by atoms with E-state index in [-0.39, 0.29) is 12.1 Å². The number of hydrogen-bond donors (Lipinski definition) is 1. The predicted octanol–water partition coefficient (Wildman–Crippen LogP) is 3.11. The third kappa shape index (κ3) is 3.69. The van der Waals surface area contributed by atoms with Crippen molar-refractivity contribution in [3.63, 3.8) is 0 Å². The van der Waals surface area contributed by atoms with Gasteiger partial charge in [-0.3, -0.25) is 0 Å². The summed E-state index contributed by atoms with van der Waals surface area (Å²) in [6.07, 6.45) is -0.0962. The van der Waals surface area contributed by atoms with Crippen LogP contribution in [0.5, 0.6) is 0 Å². The molecule has 21 heavy (non-hydrogen) atoms. The summed E-state index contributed by atoms with van der Waals surface area (Å²) in [5.74, 6) is -1.34. The molecule has 0 fully saturated rings. The van der Waals surface area contributed by atoms with Gasteiger partial charge in [0, 0.05) is 24.2 Å². The highest BCUT2D eigenvalue weighted by Crippen LogP contribution is 2.28. The van der Waals surface area contributed by atoms with Crippen LogP contribution in [0.25, 0.3) is 0 Å². The molecule has 2 N–H and O–H groups in total. The number of rotatable bonds is 0. The first kappa shape index (κ1) is 15.7. The average Bonchev–Trinajstić information content (AvgIpc) is 2.48. The highest BCUT2D eigenvalue weighted by Gasteiger charge is 2.28. The van der Waals surface area contributed by atoms with E-state index in [1.54, 1.807) is 20.8 Å². The van der Waals surface area contributed by atoms with Gasteiger partial charge in [0.05, 0.1) is 6.54 Å². The third-order valence-corrected chi connectivity index (χ3v) is 3.30. The van der Waals surface area contributed by atoms with Crippen molar-refractivity contribution in [1.82, 2.24) is 4.90 Å². The minimum Gasteiger partial charge on any atom is -0.444 e. The smallest absolute Gasteiger partial charge is 0.410 e. The third-order valence-electron chi connectivity index (χ3n) is 3.30. The standard InChI is InChI=1S/C15H20F2N2O2/c1-15(2,3)21-14(20)19-5-4-13(18)10-6-9(16)7-12(17)11(10)8-19/h6-7,13H,4-5,8,18H2,1-3H3/t13-/m1/s1. The molecule has 1 amide bonds. The topological polar surface area (TPSA) is 55.6 Å². The van der Waals surface area contributed by atoms with Gasteiger partial charge in [0.1, 0.15) is 17.2 Å². The Morgan fingerprint density at radius 1 is 1.38 bits per heavy atom. The summed E-state index contributed by atoms with van der Waals surface area (Å²) >= 11 is 0. The number of fused-ring (bicyclic) bond motifs is 1. The minimum absolute atomic E-state index is 0.0318. The Morgan fingerprint density at radius 3 is 2.67 bits per heavy atom. The summed E-state index contributed by atoms with van der Waals surface area (Å²) in [6.45, 7) is 5.66. The number of amides is 1. The van der Waals surface area contributed by atoms with Gasteiger partial charge in [-0.15, -0.1) is 0 Å².